The number of carbonyl (C=O) groups excluding carboxylic acids is 1. The van der Waals surface area contributed by atoms with Gasteiger partial charge in [-0.3, -0.25) is 4.99 Å². The highest BCUT2D eigenvalue weighted by Gasteiger charge is 2.71. The zero-order valence-corrected chi connectivity index (χ0v) is 21.2. The molecule has 4 aliphatic carbocycles. The summed E-state index contributed by atoms with van der Waals surface area (Å²) in [6, 6.07) is 10.2. The summed E-state index contributed by atoms with van der Waals surface area (Å²) < 4.78 is 5.25. The fraction of sp³-hybridized carbons (Fsp3) is 0.667. The Morgan fingerprint density at radius 2 is 1.81 bits per heavy atom. The molecular weight excluding hydrogens is 454 g/mol. The Morgan fingerprint density at radius 1 is 1.03 bits per heavy atom. The van der Waals surface area contributed by atoms with Gasteiger partial charge in [0.05, 0.1) is 23.9 Å². The monoisotopic (exact) mass is 493 g/mol. The molecule has 36 heavy (non-hydrogen) atoms. The minimum absolute atomic E-state index is 0.0542. The number of fused-ring (bicyclic) bond motifs is 5. The van der Waals surface area contributed by atoms with Gasteiger partial charge < -0.3 is 20.1 Å². The second-order valence-corrected chi connectivity index (χ2v) is 12.5. The smallest absolute Gasteiger partial charge is 0.331 e. The molecule has 1 aromatic rings. The molecule has 1 aliphatic heterocycles. The van der Waals surface area contributed by atoms with Crippen molar-refractivity contribution in [2.45, 2.75) is 88.6 Å². The van der Waals surface area contributed by atoms with Crippen LogP contribution >= 0.6 is 0 Å². The quantitative estimate of drug-likeness (QED) is 0.435. The SMILES string of the molecule is CC12CC[C@H]3[C@@H](CCC4(O)C[C@H](O)CCC34C=NCc3ccccc3)C1(O)CCC2C1=CC(=O)OC1. The number of aliphatic imine (C=N–C) groups is 1. The number of aliphatic hydroxyl groups is 3. The molecule has 8 atom stereocenters. The maximum absolute atomic E-state index is 12.5. The number of cyclic esters (lactones) is 1. The van der Waals surface area contributed by atoms with E-state index in [0.29, 0.717) is 45.3 Å². The molecule has 4 saturated carbocycles. The van der Waals surface area contributed by atoms with Crippen LogP contribution in [0.4, 0.5) is 0 Å². The van der Waals surface area contributed by atoms with Gasteiger partial charge in [0.15, 0.2) is 0 Å². The van der Waals surface area contributed by atoms with Crippen molar-refractivity contribution in [3.63, 3.8) is 0 Å². The molecule has 0 aromatic heterocycles. The van der Waals surface area contributed by atoms with E-state index in [4.69, 9.17) is 9.73 Å². The minimum Gasteiger partial charge on any atom is -0.458 e. The largest absolute Gasteiger partial charge is 0.458 e. The number of hydrogen-bond donors (Lipinski definition) is 3. The summed E-state index contributed by atoms with van der Waals surface area (Å²) >= 11 is 0. The van der Waals surface area contributed by atoms with Gasteiger partial charge in [-0.05, 0) is 80.3 Å². The number of esters is 1. The summed E-state index contributed by atoms with van der Waals surface area (Å²) in [6.45, 7) is 3.12. The number of nitrogens with zero attached hydrogens (tertiary/aromatic N) is 1. The Kier molecular flexibility index (Phi) is 5.75. The molecule has 0 spiro atoms. The van der Waals surface area contributed by atoms with Crippen LogP contribution in [0.1, 0.15) is 70.3 Å². The first-order valence-electron chi connectivity index (χ1n) is 13.8. The van der Waals surface area contributed by atoms with E-state index in [0.717, 1.165) is 36.8 Å². The number of aliphatic hydroxyl groups excluding tert-OH is 1. The standard InChI is InChI=1S/C30H39NO5/c1-27-11-8-24-25(30(27,35)14-10-23(27)21-15-26(33)36-18-21)9-13-29(34)16-22(32)7-12-28(24,29)19-31-17-20-5-3-2-4-6-20/h2-6,15,19,22-25,32,34-35H,7-14,16-18H2,1H3/t22-,23?,24+,25-,27?,28?,29?,30?/m1/s1. The number of rotatable bonds is 4. The number of benzene rings is 1. The highest BCUT2D eigenvalue weighted by molar-refractivity contribution is 5.85. The van der Waals surface area contributed by atoms with Crippen molar-refractivity contribution in [2.75, 3.05) is 6.61 Å². The molecule has 6 nitrogen and oxygen atoms in total. The molecular formula is C30H39NO5. The van der Waals surface area contributed by atoms with E-state index in [-0.39, 0.29) is 29.1 Å². The van der Waals surface area contributed by atoms with Crippen molar-refractivity contribution >= 4 is 12.2 Å². The van der Waals surface area contributed by atoms with Crippen molar-refractivity contribution in [3.8, 4) is 0 Å². The highest BCUT2D eigenvalue weighted by Crippen LogP contribution is 2.70. The van der Waals surface area contributed by atoms with Crippen LogP contribution in [0.25, 0.3) is 0 Å². The Labute approximate surface area is 213 Å². The molecule has 0 radical (unpaired) electrons. The fourth-order valence-electron chi connectivity index (χ4n) is 9.26. The molecule has 1 aromatic carbocycles. The summed E-state index contributed by atoms with van der Waals surface area (Å²) in [6.07, 6.45) is 9.51. The molecule has 0 amide bonds. The third-order valence-electron chi connectivity index (χ3n) is 11.1. The van der Waals surface area contributed by atoms with Gasteiger partial charge in [0, 0.05) is 29.5 Å². The Morgan fingerprint density at radius 3 is 2.56 bits per heavy atom. The second kappa shape index (κ2) is 8.50. The molecule has 0 saturated heterocycles. The number of hydrogen-bond acceptors (Lipinski definition) is 6. The topological polar surface area (TPSA) is 99.4 Å². The first-order chi connectivity index (χ1) is 17.2. The Balaban J connectivity index is 1.35. The summed E-state index contributed by atoms with van der Waals surface area (Å²) in [7, 11) is 0. The van der Waals surface area contributed by atoms with Crippen molar-refractivity contribution in [3.05, 3.63) is 47.5 Å². The van der Waals surface area contributed by atoms with Crippen LogP contribution in [0.2, 0.25) is 0 Å². The lowest BCUT2D eigenvalue weighted by molar-refractivity contribution is -0.237. The zero-order valence-electron chi connectivity index (χ0n) is 21.2. The van der Waals surface area contributed by atoms with Crippen LogP contribution in [-0.4, -0.2) is 51.4 Å². The van der Waals surface area contributed by atoms with E-state index in [1.54, 1.807) is 6.08 Å². The number of ether oxygens (including phenoxy) is 1. The van der Waals surface area contributed by atoms with Crippen molar-refractivity contribution < 1.29 is 24.9 Å². The average Bonchev–Trinajstić information content (AvgIpc) is 3.40. The van der Waals surface area contributed by atoms with E-state index in [9.17, 15) is 20.1 Å². The molecule has 4 fully saturated rings. The molecule has 6 rings (SSSR count). The molecule has 1 heterocycles. The molecule has 3 N–H and O–H groups in total. The van der Waals surface area contributed by atoms with E-state index in [2.05, 4.69) is 19.1 Å². The third kappa shape index (κ3) is 3.40. The third-order valence-corrected chi connectivity index (χ3v) is 11.1. The molecule has 5 unspecified atom stereocenters. The second-order valence-electron chi connectivity index (χ2n) is 12.5. The van der Waals surface area contributed by atoms with Gasteiger partial charge in [0.25, 0.3) is 0 Å². The van der Waals surface area contributed by atoms with Crippen molar-refractivity contribution in [2.24, 2.45) is 33.6 Å². The zero-order chi connectivity index (χ0) is 25.2. The van der Waals surface area contributed by atoms with Gasteiger partial charge in [0.1, 0.15) is 6.61 Å². The molecule has 0 bridgehead atoms. The predicted octanol–water partition coefficient (Wildman–Crippen LogP) is 3.97. The first-order valence-corrected chi connectivity index (χ1v) is 13.8. The highest BCUT2D eigenvalue weighted by atomic mass is 16.5. The van der Waals surface area contributed by atoms with Crippen molar-refractivity contribution in [1.82, 2.24) is 0 Å². The maximum Gasteiger partial charge on any atom is 0.331 e. The Bertz CT molecular complexity index is 1090. The predicted molar refractivity (Wildman–Crippen MR) is 136 cm³/mol. The van der Waals surface area contributed by atoms with Gasteiger partial charge in [-0.25, -0.2) is 4.79 Å². The normalized spacial score (nSPS) is 46.1. The van der Waals surface area contributed by atoms with Crippen molar-refractivity contribution in [1.29, 1.82) is 0 Å². The lowest BCUT2D eigenvalue weighted by Crippen LogP contribution is -2.68. The van der Waals surface area contributed by atoms with E-state index >= 15 is 0 Å². The summed E-state index contributed by atoms with van der Waals surface area (Å²) in [5.41, 5.74) is -0.575. The minimum atomic E-state index is -1.01. The first kappa shape index (κ1) is 24.3. The van der Waals surface area contributed by atoms with Gasteiger partial charge in [-0.2, -0.15) is 0 Å². The van der Waals surface area contributed by atoms with Crippen LogP contribution in [0.5, 0.6) is 0 Å². The van der Waals surface area contributed by atoms with Crippen LogP contribution in [0.3, 0.4) is 0 Å². The van der Waals surface area contributed by atoms with Gasteiger partial charge in [0.2, 0.25) is 0 Å². The van der Waals surface area contributed by atoms with Gasteiger partial charge >= 0.3 is 5.97 Å². The molecule has 6 heteroatoms. The lowest BCUT2D eigenvalue weighted by Gasteiger charge is -2.65. The number of carbonyl (C=O) groups is 1. The van der Waals surface area contributed by atoms with E-state index < -0.39 is 22.7 Å². The maximum atomic E-state index is 12.5. The van der Waals surface area contributed by atoms with Gasteiger partial charge in [-0.15, -0.1) is 0 Å². The van der Waals surface area contributed by atoms with E-state index in [1.165, 1.54) is 0 Å². The van der Waals surface area contributed by atoms with Crippen LogP contribution < -0.4 is 0 Å². The van der Waals surface area contributed by atoms with Crippen LogP contribution in [0.15, 0.2) is 47.0 Å². The Hall–Kier alpha value is -2.02. The summed E-state index contributed by atoms with van der Waals surface area (Å²) in [4.78, 5) is 16.7. The van der Waals surface area contributed by atoms with Crippen LogP contribution in [0, 0.1) is 28.6 Å². The lowest BCUT2D eigenvalue weighted by atomic mass is 9.41. The van der Waals surface area contributed by atoms with Crippen LogP contribution in [-0.2, 0) is 16.1 Å². The fourth-order valence-corrected chi connectivity index (χ4v) is 9.26. The summed E-state index contributed by atoms with van der Waals surface area (Å²) in [5.74, 6) is 0.0375. The molecule has 194 valence electrons. The summed E-state index contributed by atoms with van der Waals surface area (Å²) in [5, 5.41) is 35.1. The average molecular weight is 494 g/mol. The van der Waals surface area contributed by atoms with E-state index in [1.807, 2.05) is 24.4 Å². The van der Waals surface area contributed by atoms with Gasteiger partial charge in [-0.1, -0.05) is 37.3 Å². The molecule has 5 aliphatic rings.